The Kier molecular flexibility index (Phi) is 7.06. The van der Waals surface area contributed by atoms with Crippen molar-refractivity contribution in [1.29, 1.82) is 0 Å². The van der Waals surface area contributed by atoms with Crippen LogP contribution in [0.15, 0.2) is 23.2 Å². The Labute approximate surface area is 153 Å². The summed E-state index contributed by atoms with van der Waals surface area (Å²) in [6, 6.07) is 5.91. The summed E-state index contributed by atoms with van der Waals surface area (Å²) in [6.07, 6.45) is 0. The first kappa shape index (κ1) is 19.1. The van der Waals surface area contributed by atoms with Crippen molar-refractivity contribution < 1.29 is 9.47 Å². The molecule has 6 nitrogen and oxygen atoms in total. The summed E-state index contributed by atoms with van der Waals surface area (Å²) < 4.78 is 10.9. The van der Waals surface area contributed by atoms with Gasteiger partial charge < -0.3 is 20.1 Å². The molecule has 25 heavy (non-hydrogen) atoms. The molecule has 1 heterocycles. The van der Waals surface area contributed by atoms with E-state index in [-0.39, 0.29) is 0 Å². The van der Waals surface area contributed by atoms with Crippen LogP contribution >= 0.6 is 11.3 Å². The van der Waals surface area contributed by atoms with Gasteiger partial charge in [-0.3, -0.25) is 4.99 Å². The van der Waals surface area contributed by atoms with Crippen molar-refractivity contribution >= 4 is 17.3 Å². The van der Waals surface area contributed by atoms with Crippen molar-refractivity contribution in [1.82, 2.24) is 15.6 Å². The number of hydrogen-bond donors (Lipinski definition) is 2. The molecule has 7 heteroatoms. The molecule has 0 bridgehead atoms. The molecule has 1 aromatic heterocycles. The van der Waals surface area contributed by atoms with Crippen molar-refractivity contribution in [2.24, 2.45) is 4.99 Å². The van der Waals surface area contributed by atoms with E-state index in [2.05, 4.69) is 27.5 Å². The summed E-state index contributed by atoms with van der Waals surface area (Å²) in [6.45, 7) is 7.97. The Morgan fingerprint density at radius 3 is 2.56 bits per heavy atom. The first-order valence-electron chi connectivity index (χ1n) is 8.24. The van der Waals surface area contributed by atoms with E-state index in [9.17, 15) is 0 Å². The molecule has 0 unspecified atom stereocenters. The Hall–Kier alpha value is -2.28. The third kappa shape index (κ3) is 5.35. The Morgan fingerprint density at radius 1 is 1.20 bits per heavy atom. The third-order valence-electron chi connectivity index (χ3n) is 3.69. The minimum absolute atomic E-state index is 0.600. The van der Waals surface area contributed by atoms with E-state index < -0.39 is 0 Å². The smallest absolute Gasteiger partial charge is 0.191 e. The molecular weight excluding hydrogens is 336 g/mol. The van der Waals surface area contributed by atoms with E-state index >= 15 is 0 Å². The molecule has 0 radical (unpaired) electrons. The number of rotatable bonds is 7. The first-order chi connectivity index (χ1) is 12.1. The third-order valence-corrected chi connectivity index (χ3v) is 4.76. The van der Waals surface area contributed by atoms with Gasteiger partial charge in [-0.2, -0.15) is 0 Å². The van der Waals surface area contributed by atoms with Crippen molar-refractivity contribution in [3.8, 4) is 11.5 Å². The maximum Gasteiger partial charge on any atom is 0.191 e. The highest BCUT2D eigenvalue weighted by Gasteiger charge is 2.07. The Bertz CT molecular complexity index is 708. The molecule has 0 saturated heterocycles. The molecule has 0 saturated carbocycles. The lowest BCUT2D eigenvalue weighted by Gasteiger charge is -2.13. The van der Waals surface area contributed by atoms with Crippen LogP contribution in [0.2, 0.25) is 0 Å². The molecule has 2 rings (SSSR count). The second kappa shape index (κ2) is 9.27. The van der Waals surface area contributed by atoms with Gasteiger partial charge in [-0.1, -0.05) is 6.07 Å². The van der Waals surface area contributed by atoms with Gasteiger partial charge >= 0.3 is 0 Å². The highest BCUT2D eigenvalue weighted by atomic mass is 32.1. The van der Waals surface area contributed by atoms with Crippen LogP contribution in [0.4, 0.5) is 0 Å². The number of aliphatic imine (C=N–C) groups is 1. The SMILES string of the molecule is CCOc1cc(CNC(=NC)NCc2nc(C)c(C)s2)ccc1OC. The predicted molar refractivity (Wildman–Crippen MR) is 103 cm³/mol. The molecular formula is C18H26N4O2S. The van der Waals surface area contributed by atoms with E-state index in [1.807, 2.05) is 32.0 Å². The number of nitrogens with zero attached hydrogens (tertiary/aromatic N) is 2. The van der Waals surface area contributed by atoms with Crippen molar-refractivity contribution in [2.45, 2.75) is 33.9 Å². The average molecular weight is 362 g/mol. The normalized spacial score (nSPS) is 11.3. The van der Waals surface area contributed by atoms with Gasteiger partial charge in [-0.05, 0) is 38.5 Å². The van der Waals surface area contributed by atoms with E-state index in [0.717, 1.165) is 33.7 Å². The molecule has 136 valence electrons. The second-order valence-electron chi connectivity index (χ2n) is 5.45. The fraction of sp³-hybridized carbons (Fsp3) is 0.444. The highest BCUT2D eigenvalue weighted by molar-refractivity contribution is 7.11. The Balaban J connectivity index is 1.92. The van der Waals surface area contributed by atoms with Gasteiger partial charge in [0.25, 0.3) is 0 Å². The quantitative estimate of drug-likeness (QED) is 0.585. The van der Waals surface area contributed by atoms with Crippen LogP contribution in [-0.4, -0.2) is 31.7 Å². The number of benzene rings is 1. The van der Waals surface area contributed by atoms with Crippen LogP contribution in [0.1, 0.15) is 28.1 Å². The summed E-state index contributed by atoms with van der Waals surface area (Å²) in [7, 11) is 3.40. The number of hydrogen-bond acceptors (Lipinski definition) is 5. The molecule has 0 amide bonds. The number of guanidine groups is 1. The van der Waals surface area contributed by atoms with Crippen LogP contribution < -0.4 is 20.1 Å². The van der Waals surface area contributed by atoms with E-state index in [4.69, 9.17) is 9.47 Å². The minimum Gasteiger partial charge on any atom is -0.493 e. The van der Waals surface area contributed by atoms with Crippen LogP contribution in [0, 0.1) is 13.8 Å². The molecule has 2 N–H and O–H groups in total. The van der Waals surface area contributed by atoms with E-state index in [1.54, 1.807) is 25.5 Å². The van der Waals surface area contributed by atoms with Crippen molar-refractivity contribution in [3.63, 3.8) is 0 Å². The molecule has 0 aliphatic heterocycles. The first-order valence-corrected chi connectivity index (χ1v) is 9.06. The highest BCUT2D eigenvalue weighted by Crippen LogP contribution is 2.27. The summed E-state index contributed by atoms with van der Waals surface area (Å²) in [5.41, 5.74) is 2.18. The maximum absolute atomic E-state index is 5.61. The monoisotopic (exact) mass is 362 g/mol. The zero-order chi connectivity index (χ0) is 18.2. The topological polar surface area (TPSA) is 67.8 Å². The minimum atomic E-state index is 0.600. The second-order valence-corrected chi connectivity index (χ2v) is 6.73. The lowest BCUT2D eigenvalue weighted by molar-refractivity contribution is 0.310. The van der Waals surface area contributed by atoms with E-state index in [0.29, 0.717) is 19.7 Å². The molecule has 0 aliphatic carbocycles. The standard InChI is InChI=1S/C18H26N4O2S/c1-6-24-16-9-14(7-8-15(16)23-5)10-20-18(19-4)21-11-17-22-12(2)13(3)25-17/h7-9H,6,10-11H2,1-5H3,(H2,19,20,21). The van der Waals surface area contributed by atoms with Gasteiger partial charge in [-0.25, -0.2) is 4.98 Å². The van der Waals surface area contributed by atoms with Gasteiger partial charge in [0.15, 0.2) is 17.5 Å². The number of aromatic nitrogens is 1. The van der Waals surface area contributed by atoms with Gasteiger partial charge in [0.2, 0.25) is 0 Å². The Morgan fingerprint density at radius 2 is 1.96 bits per heavy atom. The van der Waals surface area contributed by atoms with E-state index in [1.165, 1.54) is 4.88 Å². The summed E-state index contributed by atoms with van der Waals surface area (Å²) in [4.78, 5) is 10.0. The lowest BCUT2D eigenvalue weighted by Crippen LogP contribution is -2.36. The predicted octanol–water partition coefficient (Wildman–Crippen LogP) is 3.03. The molecule has 0 fully saturated rings. The zero-order valence-electron chi connectivity index (χ0n) is 15.5. The van der Waals surface area contributed by atoms with Crippen LogP contribution in [0.3, 0.4) is 0 Å². The fourth-order valence-electron chi connectivity index (χ4n) is 2.28. The summed E-state index contributed by atoms with van der Waals surface area (Å²) >= 11 is 1.71. The molecule has 2 aromatic rings. The van der Waals surface area contributed by atoms with Gasteiger partial charge in [0.1, 0.15) is 5.01 Å². The molecule has 0 atom stereocenters. The maximum atomic E-state index is 5.61. The average Bonchev–Trinajstić information content (AvgIpc) is 2.93. The van der Waals surface area contributed by atoms with Gasteiger partial charge in [-0.15, -0.1) is 11.3 Å². The number of nitrogens with one attached hydrogen (secondary N) is 2. The molecule has 0 spiro atoms. The number of methoxy groups -OCH3 is 1. The van der Waals surface area contributed by atoms with Crippen LogP contribution in [0.5, 0.6) is 11.5 Å². The fourth-order valence-corrected chi connectivity index (χ4v) is 3.15. The van der Waals surface area contributed by atoms with Crippen molar-refractivity contribution in [2.75, 3.05) is 20.8 Å². The van der Waals surface area contributed by atoms with Gasteiger partial charge in [0.05, 0.1) is 26.0 Å². The number of thiazole rings is 1. The number of aryl methyl sites for hydroxylation is 2. The van der Waals surface area contributed by atoms with Gasteiger partial charge in [0, 0.05) is 18.5 Å². The van der Waals surface area contributed by atoms with Crippen LogP contribution in [0.25, 0.3) is 0 Å². The number of ether oxygens (including phenoxy) is 2. The largest absolute Gasteiger partial charge is 0.493 e. The summed E-state index contributed by atoms with van der Waals surface area (Å²) in [5.74, 6) is 2.22. The lowest BCUT2D eigenvalue weighted by atomic mass is 10.2. The molecule has 0 aliphatic rings. The molecule has 1 aromatic carbocycles. The van der Waals surface area contributed by atoms with Crippen LogP contribution in [-0.2, 0) is 13.1 Å². The summed E-state index contributed by atoms with van der Waals surface area (Å²) in [5, 5.41) is 7.65. The van der Waals surface area contributed by atoms with Crippen molar-refractivity contribution in [3.05, 3.63) is 39.3 Å². The zero-order valence-corrected chi connectivity index (χ0v) is 16.3.